The maximum atomic E-state index is 12.3. The lowest BCUT2D eigenvalue weighted by Gasteiger charge is -2.33. The van der Waals surface area contributed by atoms with Crippen LogP contribution in [-0.2, 0) is 10.0 Å². The fraction of sp³-hybridized carbons (Fsp3) is 0.312. The summed E-state index contributed by atoms with van der Waals surface area (Å²) in [4.78, 5) is 23.9. The summed E-state index contributed by atoms with van der Waals surface area (Å²) in [5, 5.41) is 13.1. The van der Waals surface area contributed by atoms with E-state index >= 15 is 0 Å². The lowest BCUT2D eigenvalue weighted by molar-refractivity contribution is -0.384. The van der Waals surface area contributed by atoms with Gasteiger partial charge >= 0.3 is 0 Å². The molecule has 0 spiro atoms. The van der Waals surface area contributed by atoms with E-state index in [0.717, 1.165) is 11.3 Å². The molecule has 2 aromatic rings. The Hall–Kier alpha value is -2.50. The van der Waals surface area contributed by atoms with Crippen LogP contribution in [-0.4, -0.2) is 38.4 Å². The molecular weight excluding hydrogens is 392 g/mol. The second kappa shape index (κ2) is 7.62. The molecule has 1 aromatic carbocycles. The second-order valence-corrected chi connectivity index (χ2v) is 9.03. The van der Waals surface area contributed by atoms with Crippen LogP contribution in [0.3, 0.4) is 0 Å². The van der Waals surface area contributed by atoms with E-state index in [1.54, 1.807) is 17.5 Å². The molecule has 0 aliphatic carbocycles. The fourth-order valence-electron chi connectivity index (χ4n) is 3.02. The topological polar surface area (TPSA) is 136 Å². The maximum Gasteiger partial charge on any atom is 0.293 e. The molecule has 0 saturated carbocycles. The highest BCUT2D eigenvalue weighted by molar-refractivity contribution is 7.91. The number of hydrogen-bond donors (Lipinski definition) is 2. The quantitative estimate of drug-likeness (QED) is 0.549. The van der Waals surface area contributed by atoms with Gasteiger partial charge in [-0.3, -0.25) is 14.9 Å². The van der Waals surface area contributed by atoms with E-state index in [1.807, 2.05) is 4.90 Å². The summed E-state index contributed by atoms with van der Waals surface area (Å²) in [5.41, 5.74) is 5.46. The first-order valence-electron chi connectivity index (χ1n) is 8.17. The van der Waals surface area contributed by atoms with Gasteiger partial charge in [-0.15, -0.1) is 11.3 Å². The molecular formula is C16H18N4O5S2. The predicted octanol–water partition coefficient (Wildman–Crippen LogP) is 1.70. The summed E-state index contributed by atoms with van der Waals surface area (Å²) in [6, 6.07) is 7.12. The number of amides is 1. The fourth-order valence-corrected chi connectivity index (χ4v) is 5.34. The molecule has 1 saturated heterocycles. The maximum absolute atomic E-state index is 12.3. The molecule has 144 valence electrons. The monoisotopic (exact) mass is 410 g/mol. The first kappa shape index (κ1) is 19.3. The molecule has 0 atom stereocenters. The molecule has 0 bridgehead atoms. The Morgan fingerprint density at radius 3 is 2.56 bits per heavy atom. The molecule has 9 nitrogen and oxygen atoms in total. The van der Waals surface area contributed by atoms with Gasteiger partial charge in [-0.2, -0.15) is 0 Å². The van der Waals surface area contributed by atoms with Crippen molar-refractivity contribution in [3.63, 3.8) is 0 Å². The Kier molecular flexibility index (Phi) is 5.44. The molecule has 1 amide bonds. The molecule has 1 aliphatic heterocycles. The summed E-state index contributed by atoms with van der Waals surface area (Å²) in [6.45, 7) is 0.906. The van der Waals surface area contributed by atoms with E-state index in [2.05, 4.69) is 4.72 Å². The van der Waals surface area contributed by atoms with Gasteiger partial charge in [0.25, 0.3) is 5.69 Å². The average Bonchev–Trinajstić information content (AvgIpc) is 3.17. The van der Waals surface area contributed by atoms with Crippen LogP contribution in [0.4, 0.5) is 11.4 Å². The van der Waals surface area contributed by atoms with Crippen molar-refractivity contribution in [1.82, 2.24) is 4.72 Å². The third-order valence-corrected chi connectivity index (χ3v) is 7.29. The molecule has 3 rings (SSSR count). The number of nitrogens with zero attached hydrogens (tertiary/aromatic N) is 2. The molecule has 27 heavy (non-hydrogen) atoms. The highest BCUT2D eigenvalue weighted by Gasteiger charge is 2.28. The molecule has 1 fully saturated rings. The van der Waals surface area contributed by atoms with E-state index in [1.165, 1.54) is 18.2 Å². The van der Waals surface area contributed by atoms with Gasteiger partial charge in [0.05, 0.1) is 4.92 Å². The number of nitrogens with two attached hydrogens (primary N) is 1. The number of piperidine rings is 1. The minimum Gasteiger partial charge on any atom is -0.366 e. The van der Waals surface area contributed by atoms with E-state index in [-0.39, 0.29) is 21.5 Å². The van der Waals surface area contributed by atoms with Crippen molar-refractivity contribution in [3.8, 4) is 0 Å². The molecule has 11 heteroatoms. The van der Waals surface area contributed by atoms with Gasteiger partial charge in [0.15, 0.2) is 0 Å². The third-order valence-electron chi connectivity index (χ3n) is 4.37. The Labute approximate surface area is 160 Å². The number of nitro benzene ring substituents is 1. The first-order chi connectivity index (χ1) is 12.8. The Bertz CT molecular complexity index is 951. The van der Waals surface area contributed by atoms with Gasteiger partial charge in [-0.1, -0.05) is 6.07 Å². The summed E-state index contributed by atoms with van der Waals surface area (Å²) in [5.74, 6) is -0.730. The number of hydrogen-bond acceptors (Lipinski definition) is 7. The summed E-state index contributed by atoms with van der Waals surface area (Å²) < 4.78 is 27.6. The summed E-state index contributed by atoms with van der Waals surface area (Å²) in [6.07, 6.45) is 1.03. The number of carbonyl (C=O) groups is 1. The molecule has 0 unspecified atom stereocenters. The van der Waals surface area contributed by atoms with Crippen molar-refractivity contribution >= 4 is 38.6 Å². The van der Waals surface area contributed by atoms with Gasteiger partial charge in [0.1, 0.15) is 9.90 Å². The van der Waals surface area contributed by atoms with Gasteiger partial charge in [0, 0.05) is 30.8 Å². The van der Waals surface area contributed by atoms with Crippen molar-refractivity contribution in [2.24, 2.45) is 5.73 Å². The van der Waals surface area contributed by atoms with Crippen LogP contribution in [0.2, 0.25) is 0 Å². The highest BCUT2D eigenvalue weighted by atomic mass is 32.2. The zero-order valence-electron chi connectivity index (χ0n) is 14.2. The van der Waals surface area contributed by atoms with E-state index in [0.29, 0.717) is 31.6 Å². The summed E-state index contributed by atoms with van der Waals surface area (Å²) >= 11 is 1.15. The van der Waals surface area contributed by atoms with Gasteiger partial charge < -0.3 is 10.6 Å². The lowest BCUT2D eigenvalue weighted by Crippen LogP contribution is -2.44. The molecule has 0 radical (unpaired) electrons. The number of thiophene rings is 1. The van der Waals surface area contributed by atoms with Crippen LogP contribution in [0, 0.1) is 10.1 Å². The first-order valence-corrected chi connectivity index (χ1v) is 10.5. The van der Waals surface area contributed by atoms with Crippen LogP contribution in [0.5, 0.6) is 0 Å². The number of primary amides is 1. The third kappa shape index (κ3) is 4.26. The minimum absolute atomic E-state index is 0.0732. The molecule has 3 N–H and O–H groups in total. The van der Waals surface area contributed by atoms with Crippen LogP contribution in [0.25, 0.3) is 0 Å². The van der Waals surface area contributed by atoms with Crippen molar-refractivity contribution in [2.75, 3.05) is 18.0 Å². The Morgan fingerprint density at radius 1 is 1.30 bits per heavy atom. The van der Waals surface area contributed by atoms with E-state index < -0.39 is 20.9 Å². The van der Waals surface area contributed by atoms with Crippen molar-refractivity contribution < 1.29 is 18.1 Å². The summed E-state index contributed by atoms with van der Waals surface area (Å²) in [7, 11) is -3.55. The number of carbonyl (C=O) groups excluding carboxylic acids is 1. The zero-order valence-corrected chi connectivity index (χ0v) is 15.8. The number of nitrogens with one attached hydrogen (secondary N) is 1. The van der Waals surface area contributed by atoms with Crippen LogP contribution < -0.4 is 15.4 Å². The highest BCUT2D eigenvalue weighted by Crippen LogP contribution is 2.31. The van der Waals surface area contributed by atoms with Gasteiger partial charge in [0.2, 0.25) is 15.9 Å². The second-order valence-electron chi connectivity index (χ2n) is 6.14. The van der Waals surface area contributed by atoms with Gasteiger partial charge in [-0.05, 0) is 36.4 Å². The smallest absolute Gasteiger partial charge is 0.293 e. The average molecular weight is 410 g/mol. The molecule has 2 heterocycles. The van der Waals surface area contributed by atoms with Crippen LogP contribution in [0.1, 0.15) is 23.2 Å². The largest absolute Gasteiger partial charge is 0.366 e. The number of rotatable bonds is 6. The number of anilines is 1. The Morgan fingerprint density at radius 2 is 2.00 bits per heavy atom. The number of benzene rings is 1. The lowest BCUT2D eigenvalue weighted by atomic mass is 10.0. The van der Waals surface area contributed by atoms with Crippen molar-refractivity contribution in [3.05, 3.63) is 51.4 Å². The predicted molar refractivity (Wildman–Crippen MR) is 101 cm³/mol. The Balaban J connectivity index is 1.71. The normalized spacial score (nSPS) is 15.6. The van der Waals surface area contributed by atoms with Crippen LogP contribution in [0.15, 0.2) is 39.9 Å². The zero-order chi connectivity index (χ0) is 19.6. The number of sulfonamides is 1. The molecule has 1 aliphatic rings. The minimum atomic E-state index is -3.55. The van der Waals surface area contributed by atoms with Gasteiger partial charge in [-0.25, -0.2) is 13.1 Å². The number of nitro groups is 1. The molecule has 1 aromatic heterocycles. The van der Waals surface area contributed by atoms with E-state index in [9.17, 15) is 23.3 Å². The standard InChI is InChI=1S/C16H18N4O5S2/c17-16(21)11-3-4-13(14(10-11)20(22)23)19-7-5-12(6-8-19)18-27(24,25)15-2-1-9-26-15/h1-4,9-10,12,18H,5-8H2,(H2,17,21). The van der Waals surface area contributed by atoms with Crippen molar-refractivity contribution in [1.29, 1.82) is 0 Å². The van der Waals surface area contributed by atoms with Crippen molar-refractivity contribution in [2.45, 2.75) is 23.1 Å². The SMILES string of the molecule is NC(=O)c1ccc(N2CCC(NS(=O)(=O)c3cccs3)CC2)c([N+](=O)[O-])c1. The van der Waals surface area contributed by atoms with Crippen LogP contribution >= 0.6 is 11.3 Å². The van der Waals surface area contributed by atoms with E-state index in [4.69, 9.17) is 5.73 Å².